The summed E-state index contributed by atoms with van der Waals surface area (Å²) in [5.41, 5.74) is 1.74. The number of thiophene rings is 1. The van der Waals surface area contributed by atoms with Crippen LogP contribution in [0.5, 0.6) is 0 Å². The van der Waals surface area contributed by atoms with Gasteiger partial charge in [-0.15, -0.1) is 11.3 Å². The first-order valence-electron chi connectivity index (χ1n) is 7.88. The Morgan fingerprint density at radius 2 is 1.88 bits per heavy atom. The molecule has 0 radical (unpaired) electrons. The first-order chi connectivity index (χ1) is 11.4. The Kier molecular flexibility index (Phi) is 5.03. The van der Waals surface area contributed by atoms with Crippen LogP contribution in [0.25, 0.3) is 0 Å². The quantitative estimate of drug-likeness (QED) is 0.905. The zero-order valence-electron chi connectivity index (χ0n) is 13.2. The van der Waals surface area contributed by atoms with Gasteiger partial charge < -0.3 is 4.90 Å². The fourth-order valence-corrected chi connectivity index (χ4v) is 4.63. The summed E-state index contributed by atoms with van der Waals surface area (Å²) in [5, 5.41) is 6.67. The van der Waals surface area contributed by atoms with Gasteiger partial charge in [-0.25, -0.2) is 13.6 Å². The molecule has 3 rings (SSSR count). The van der Waals surface area contributed by atoms with Crippen LogP contribution in [-0.4, -0.2) is 32.3 Å². The number of benzene rings is 1. The van der Waals surface area contributed by atoms with Crippen molar-refractivity contribution in [1.29, 1.82) is 0 Å². The average Bonchev–Trinajstić information content (AvgIpc) is 3.06. The van der Waals surface area contributed by atoms with Gasteiger partial charge in [0.15, 0.2) is 0 Å². The maximum absolute atomic E-state index is 12.5. The number of primary sulfonamides is 1. The number of carbonyl (C=O) groups is 1. The molecule has 7 heteroatoms. The van der Waals surface area contributed by atoms with Crippen molar-refractivity contribution in [2.75, 3.05) is 13.1 Å². The van der Waals surface area contributed by atoms with Gasteiger partial charge in [0.25, 0.3) is 5.91 Å². The lowest BCUT2D eigenvalue weighted by Crippen LogP contribution is -2.38. The fraction of sp³-hybridized carbons (Fsp3) is 0.353. The first-order valence-corrected chi connectivity index (χ1v) is 10.3. The van der Waals surface area contributed by atoms with Crippen molar-refractivity contribution in [3.8, 4) is 0 Å². The third-order valence-electron chi connectivity index (χ3n) is 4.37. The van der Waals surface area contributed by atoms with Crippen LogP contribution < -0.4 is 5.14 Å². The van der Waals surface area contributed by atoms with E-state index in [9.17, 15) is 13.2 Å². The SMILES string of the molecule is NS(=O)(=O)c1cc(C(=O)N2CCC(Cc3ccccc3)CC2)cs1. The lowest BCUT2D eigenvalue weighted by molar-refractivity contribution is 0.0691. The second-order valence-corrected chi connectivity index (χ2v) is 8.82. The molecule has 0 aliphatic carbocycles. The van der Waals surface area contributed by atoms with Gasteiger partial charge in [0, 0.05) is 18.5 Å². The number of hydrogen-bond acceptors (Lipinski definition) is 4. The van der Waals surface area contributed by atoms with Gasteiger partial charge in [0.1, 0.15) is 4.21 Å². The van der Waals surface area contributed by atoms with Crippen LogP contribution in [0.15, 0.2) is 46.0 Å². The van der Waals surface area contributed by atoms with Gasteiger partial charge in [-0.2, -0.15) is 0 Å². The normalized spacial score (nSPS) is 16.3. The molecule has 5 nitrogen and oxygen atoms in total. The first kappa shape index (κ1) is 17.1. The summed E-state index contributed by atoms with van der Waals surface area (Å²) < 4.78 is 22.7. The summed E-state index contributed by atoms with van der Waals surface area (Å²) >= 11 is 0.991. The van der Waals surface area contributed by atoms with E-state index < -0.39 is 10.0 Å². The van der Waals surface area contributed by atoms with Gasteiger partial charge in [0.2, 0.25) is 10.0 Å². The molecule has 1 aliphatic heterocycles. The van der Waals surface area contributed by atoms with E-state index in [2.05, 4.69) is 12.1 Å². The smallest absolute Gasteiger partial charge is 0.254 e. The van der Waals surface area contributed by atoms with Crippen molar-refractivity contribution >= 4 is 27.3 Å². The summed E-state index contributed by atoms with van der Waals surface area (Å²) in [6.07, 6.45) is 2.97. The molecule has 2 N–H and O–H groups in total. The van der Waals surface area contributed by atoms with Gasteiger partial charge in [-0.05, 0) is 36.8 Å². The van der Waals surface area contributed by atoms with E-state index in [1.165, 1.54) is 11.6 Å². The molecule has 0 bridgehead atoms. The number of hydrogen-bond donors (Lipinski definition) is 1. The summed E-state index contributed by atoms with van der Waals surface area (Å²) in [5.74, 6) is 0.471. The highest BCUT2D eigenvalue weighted by molar-refractivity contribution is 7.91. The molecule has 2 aromatic rings. The number of piperidine rings is 1. The standard InChI is InChI=1S/C17H20N2O3S2/c18-24(21,22)16-11-15(12-23-16)17(20)19-8-6-14(7-9-19)10-13-4-2-1-3-5-13/h1-5,11-12,14H,6-10H2,(H2,18,21,22). The van der Waals surface area contributed by atoms with E-state index in [1.807, 2.05) is 18.2 Å². The molecule has 1 aromatic heterocycles. The van der Waals surface area contributed by atoms with E-state index in [0.717, 1.165) is 30.6 Å². The van der Waals surface area contributed by atoms with E-state index in [-0.39, 0.29) is 10.1 Å². The van der Waals surface area contributed by atoms with Crippen LogP contribution in [0.1, 0.15) is 28.8 Å². The van der Waals surface area contributed by atoms with Gasteiger partial charge in [0.05, 0.1) is 5.56 Å². The summed E-state index contributed by atoms with van der Waals surface area (Å²) in [4.78, 5) is 14.3. The topological polar surface area (TPSA) is 80.5 Å². The van der Waals surface area contributed by atoms with Gasteiger partial charge >= 0.3 is 0 Å². The summed E-state index contributed by atoms with van der Waals surface area (Å²) in [6.45, 7) is 1.41. The van der Waals surface area contributed by atoms with E-state index >= 15 is 0 Å². The van der Waals surface area contributed by atoms with Crippen molar-refractivity contribution < 1.29 is 13.2 Å². The van der Waals surface area contributed by atoms with Crippen LogP contribution in [0.2, 0.25) is 0 Å². The maximum atomic E-state index is 12.5. The Bertz CT molecular complexity index is 807. The molecule has 1 aromatic carbocycles. The molecule has 0 unspecified atom stereocenters. The predicted molar refractivity (Wildman–Crippen MR) is 94.5 cm³/mol. The predicted octanol–water partition coefficient (Wildman–Crippen LogP) is 2.49. The fourth-order valence-electron chi connectivity index (χ4n) is 3.05. The van der Waals surface area contributed by atoms with E-state index in [1.54, 1.807) is 10.3 Å². The zero-order chi connectivity index (χ0) is 17.2. The molecule has 1 saturated heterocycles. The third kappa shape index (κ3) is 4.03. The molecule has 2 heterocycles. The lowest BCUT2D eigenvalue weighted by Gasteiger charge is -2.32. The Morgan fingerprint density at radius 1 is 1.21 bits per heavy atom. The monoisotopic (exact) mass is 364 g/mol. The van der Waals surface area contributed by atoms with Crippen molar-refractivity contribution in [2.24, 2.45) is 11.1 Å². The van der Waals surface area contributed by atoms with Gasteiger partial charge in [-0.1, -0.05) is 30.3 Å². The Labute approximate surface area is 146 Å². The number of nitrogens with zero attached hydrogens (tertiary/aromatic N) is 1. The van der Waals surface area contributed by atoms with Crippen molar-refractivity contribution in [2.45, 2.75) is 23.5 Å². The molecule has 1 fully saturated rings. The van der Waals surface area contributed by atoms with Crippen LogP contribution in [0.4, 0.5) is 0 Å². The Morgan fingerprint density at radius 3 is 2.46 bits per heavy atom. The molecular weight excluding hydrogens is 344 g/mol. The Balaban J connectivity index is 1.58. The number of nitrogens with two attached hydrogens (primary N) is 1. The third-order valence-corrected chi connectivity index (χ3v) is 6.76. The van der Waals surface area contributed by atoms with Crippen molar-refractivity contribution in [3.05, 3.63) is 52.9 Å². The minimum atomic E-state index is -3.74. The molecular formula is C17H20N2O3S2. The maximum Gasteiger partial charge on any atom is 0.254 e. The van der Waals surface area contributed by atoms with Crippen LogP contribution >= 0.6 is 11.3 Å². The molecule has 0 atom stereocenters. The molecule has 0 spiro atoms. The largest absolute Gasteiger partial charge is 0.339 e. The van der Waals surface area contributed by atoms with E-state index in [4.69, 9.17) is 5.14 Å². The number of carbonyl (C=O) groups excluding carboxylic acids is 1. The van der Waals surface area contributed by atoms with Crippen molar-refractivity contribution in [3.63, 3.8) is 0 Å². The highest BCUT2D eigenvalue weighted by Crippen LogP contribution is 2.25. The second-order valence-electron chi connectivity index (χ2n) is 6.12. The summed E-state index contributed by atoms with van der Waals surface area (Å²) in [7, 11) is -3.74. The second kappa shape index (κ2) is 7.04. The van der Waals surface area contributed by atoms with E-state index in [0.29, 0.717) is 24.6 Å². The number of amides is 1. The molecule has 0 saturated carbocycles. The van der Waals surface area contributed by atoms with Crippen LogP contribution in [0, 0.1) is 5.92 Å². The lowest BCUT2D eigenvalue weighted by atomic mass is 9.90. The van der Waals surface area contributed by atoms with Crippen molar-refractivity contribution in [1.82, 2.24) is 4.90 Å². The molecule has 1 amide bonds. The Hall–Kier alpha value is -1.70. The zero-order valence-corrected chi connectivity index (χ0v) is 14.9. The number of rotatable bonds is 4. The number of likely N-dealkylation sites (tertiary alicyclic amines) is 1. The van der Waals surface area contributed by atoms with Crippen LogP contribution in [-0.2, 0) is 16.4 Å². The highest BCUT2D eigenvalue weighted by atomic mass is 32.2. The molecule has 128 valence electrons. The number of sulfonamides is 1. The summed E-state index contributed by atoms with van der Waals surface area (Å²) in [6, 6.07) is 11.8. The van der Waals surface area contributed by atoms with Crippen LogP contribution in [0.3, 0.4) is 0 Å². The van der Waals surface area contributed by atoms with Gasteiger partial charge in [-0.3, -0.25) is 4.79 Å². The minimum absolute atomic E-state index is 0.0322. The highest BCUT2D eigenvalue weighted by Gasteiger charge is 2.25. The minimum Gasteiger partial charge on any atom is -0.339 e. The average molecular weight is 364 g/mol. The molecule has 24 heavy (non-hydrogen) atoms. The molecule has 1 aliphatic rings.